The number of hydrogen-bond donors (Lipinski definition) is 1. The highest BCUT2D eigenvalue weighted by Gasteiger charge is 2.39. The lowest BCUT2D eigenvalue weighted by molar-refractivity contribution is 0.101. The highest BCUT2D eigenvalue weighted by molar-refractivity contribution is 7.94. The van der Waals surface area contributed by atoms with E-state index in [1.807, 2.05) is 127 Å². The van der Waals surface area contributed by atoms with E-state index >= 15 is 0 Å². The van der Waals surface area contributed by atoms with Crippen LogP contribution in [0.3, 0.4) is 0 Å². The number of fused-ring (bicyclic) bond motifs is 7. The Morgan fingerprint density at radius 3 is 1.15 bits per heavy atom. The van der Waals surface area contributed by atoms with Crippen molar-refractivity contribution in [2.45, 2.75) is 75.7 Å². The van der Waals surface area contributed by atoms with Gasteiger partial charge in [0.05, 0.1) is 52.5 Å². The maximum atomic E-state index is 12.0. The number of benzene rings is 12. The molecule has 626 valence electrons. The molecule has 0 saturated carbocycles. The van der Waals surface area contributed by atoms with Gasteiger partial charge in [-0.25, -0.2) is 50.5 Å². The number of rotatable bonds is 13. The molecule has 22 nitrogen and oxygen atoms in total. The summed E-state index contributed by atoms with van der Waals surface area (Å²) in [4.78, 5) is 84.3. The molecule has 6 aliphatic rings. The van der Waals surface area contributed by atoms with Crippen molar-refractivity contribution in [1.29, 1.82) is 5.26 Å². The average Bonchev–Trinajstić information content (AvgIpc) is 1.64. The molecular weight excluding hydrogens is 1720 g/mol. The van der Waals surface area contributed by atoms with Crippen molar-refractivity contribution >= 4 is 122 Å². The molecular formula is C95H73NO21S7. The fraction of sp³-hybridized carbons (Fsp3) is 0.137. The minimum Gasteiger partial charge on any atom is -0.489 e. The molecule has 6 aliphatic heterocycles. The van der Waals surface area contributed by atoms with Gasteiger partial charge >= 0.3 is 0 Å². The van der Waals surface area contributed by atoms with Crippen LogP contribution in [0.1, 0.15) is 121 Å². The Morgan fingerprint density at radius 1 is 0.355 bits per heavy atom. The molecule has 12 aromatic carbocycles. The molecule has 1 aromatic heterocycles. The summed E-state index contributed by atoms with van der Waals surface area (Å²) < 4.78 is 147. The molecule has 0 unspecified atom stereocenters. The Bertz CT molecular complexity index is 7420. The van der Waals surface area contributed by atoms with Crippen LogP contribution in [0.2, 0.25) is 0 Å². The van der Waals surface area contributed by atoms with Crippen LogP contribution in [0.15, 0.2) is 296 Å². The van der Waals surface area contributed by atoms with Crippen molar-refractivity contribution in [2.24, 2.45) is 0 Å². The number of sulfone groups is 6. The average molecular weight is 1790 g/mol. The van der Waals surface area contributed by atoms with E-state index in [0.29, 0.717) is 33.9 Å². The number of ketones is 7. The summed E-state index contributed by atoms with van der Waals surface area (Å²) in [5, 5.41) is 20.2. The van der Waals surface area contributed by atoms with E-state index in [2.05, 4.69) is 6.92 Å². The first-order chi connectivity index (χ1) is 59.0. The number of carbonyl (C=O) groups excluding carboxylic acids is 7. The predicted molar refractivity (Wildman–Crippen MR) is 470 cm³/mol. The van der Waals surface area contributed by atoms with Crippen molar-refractivity contribution in [2.75, 3.05) is 34.5 Å². The summed E-state index contributed by atoms with van der Waals surface area (Å²) in [6.45, 7) is 4.03. The van der Waals surface area contributed by atoms with Gasteiger partial charge in [-0.15, -0.1) is 11.3 Å². The molecule has 0 spiro atoms. The minimum absolute atomic E-state index is 0.0129. The van der Waals surface area contributed by atoms with E-state index < -0.39 is 87.8 Å². The van der Waals surface area contributed by atoms with E-state index in [4.69, 9.17) is 15.1 Å². The molecule has 124 heavy (non-hydrogen) atoms. The van der Waals surface area contributed by atoms with Crippen molar-refractivity contribution in [1.82, 2.24) is 0 Å². The lowest BCUT2D eigenvalue weighted by atomic mass is 9.99. The Kier molecular flexibility index (Phi) is 25.1. The summed E-state index contributed by atoms with van der Waals surface area (Å²) in [6.07, 6.45) is 3.04. The molecule has 1 N–H and O–H groups in total. The molecule has 0 radical (unpaired) electrons. The molecule has 0 bridgehead atoms. The van der Waals surface area contributed by atoms with Crippen molar-refractivity contribution in [3.63, 3.8) is 0 Å². The van der Waals surface area contributed by atoms with Crippen LogP contribution in [0.4, 0.5) is 0 Å². The number of unbranched alkanes of at least 4 members (excludes halogenated alkanes) is 1. The number of ether oxygens (including phenoxy) is 1. The van der Waals surface area contributed by atoms with E-state index in [1.54, 1.807) is 121 Å². The molecule has 0 amide bonds. The number of aliphatic hydroxyl groups is 1. The van der Waals surface area contributed by atoms with Gasteiger partial charge in [0.2, 0.25) is 0 Å². The monoisotopic (exact) mass is 1790 g/mol. The van der Waals surface area contributed by atoms with Gasteiger partial charge in [-0.05, 0) is 213 Å². The Morgan fingerprint density at radius 2 is 0.718 bits per heavy atom. The number of hydrogen-bond acceptors (Lipinski definition) is 23. The molecule has 7 heterocycles. The first-order valence-electron chi connectivity index (χ1n) is 38.5. The van der Waals surface area contributed by atoms with Crippen LogP contribution >= 0.6 is 11.3 Å². The third-order valence-electron chi connectivity index (χ3n) is 21.0. The zero-order valence-electron chi connectivity index (χ0n) is 66.1. The number of aliphatic hydroxyl groups excluding tert-OH is 1. The minimum atomic E-state index is -3.48. The number of carbonyl (C=O) groups is 7. The number of aryl methyl sites for hydroxylation is 1. The van der Waals surface area contributed by atoms with Gasteiger partial charge in [-0.2, -0.15) is 5.26 Å². The maximum absolute atomic E-state index is 12.0. The van der Waals surface area contributed by atoms with Crippen molar-refractivity contribution in [3.05, 3.63) is 327 Å². The standard InChI is InChI=1S/C21H16O4S.C18H12O3S.C15H9NO3S.C15H12O4S.C14H10O4S2.C12H14O3S/c22-20-14-26(23,24)21-10-9-17(12-19(20)21)16-7-4-8-18(11-16)25-13-15-5-2-1-3-6-15;19-17-11-22(20,21)18-8-7-15(10-16(17)18)14-6-5-12-3-1-2-4-13(12)9-14;16-8-10-2-1-3-11(6-10)12-4-5-15-13(7-12)14(17)9-20(15,18)19;16-8-10-1-3-11(4-2-10)12-5-6-15-13(7-12)14(17)9-20(15,18)19;1-8(15)12-3-4-13(19-12)9-2-5-14-10(6-9)11(16)7-20(14,17)18;1-2-3-4-9-5-6-12-10(7-9)11(13)8-16(12,14)15/h1-12H,13-14H2;1-10H,11H2;1-7H,9H2;1-7,16H,8-9H2;2-6H,7H2,1H3;5-7H,2-4,8H2,1H3. The normalized spacial score (nSPS) is 15.9. The number of nitrogens with zero attached hydrogens (tertiary/aromatic N) is 1. The summed E-state index contributed by atoms with van der Waals surface area (Å²) >= 11 is 1.33. The number of thiophene rings is 1. The van der Waals surface area contributed by atoms with Gasteiger partial charge in [0.15, 0.2) is 99.5 Å². The summed E-state index contributed by atoms with van der Waals surface area (Å²) in [5.74, 6) is -3.89. The highest BCUT2D eigenvalue weighted by Crippen LogP contribution is 2.39. The SMILES string of the molecule is CC(=O)c1ccc(-c2ccc3c(c2)C(=O)CS3(=O)=O)s1.CCCCc1ccc2c(c1)C(=O)CS2(=O)=O.N#Cc1cccc(-c2ccc3c(c2)C(=O)CS3(=O)=O)c1.O=C1CS(=O)(=O)c2ccc(-c3ccc(CO)cc3)cc21.O=C1CS(=O)(=O)c2ccc(-c3ccc4ccccc4c3)cc21.O=C1CS(=O)(=O)c2ccc(-c3cccc(OCc4ccccc4)c3)cc21. The number of Topliss-reactive ketones (excluding diaryl/α,β-unsaturated/α-hetero) is 7. The smallest absolute Gasteiger partial charge is 0.186 e. The maximum Gasteiger partial charge on any atom is 0.186 e. The largest absolute Gasteiger partial charge is 0.489 e. The van der Waals surface area contributed by atoms with Gasteiger partial charge in [0.25, 0.3) is 0 Å². The highest BCUT2D eigenvalue weighted by atomic mass is 32.2. The first-order valence-corrected chi connectivity index (χ1v) is 49.2. The molecule has 0 fully saturated rings. The fourth-order valence-electron chi connectivity index (χ4n) is 14.7. The van der Waals surface area contributed by atoms with E-state index in [1.165, 1.54) is 42.5 Å². The zero-order valence-corrected chi connectivity index (χ0v) is 71.8. The summed E-state index contributed by atoms with van der Waals surface area (Å²) in [7, 11) is -20.6. The van der Waals surface area contributed by atoms with Gasteiger partial charge in [0.1, 0.15) is 46.9 Å². The van der Waals surface area contributed by atoms with Gasteiger partial charge < -0.3 is 9.84 Å². The third-order valence-corrected chi connectivity index (χ3v) is 32.3. The van der Waals surface area contributed by atoms with Crippen LogP contribution in [-0.4, -0.2) is 131 Å². The van der Waals surface area contributed by atoms with Crippen LogP contribution in [0.25, 0.3) is 65.7 Å². The topological polar surface area (TPSA) is 378 Å². The molecule has 0 aliphatic carbocycles. The second-order valence-electron chi connectivity index (χ2n) is 29.7. The predicted octanol–water partition coefficient (Wildman–Crippen LogP) is 16.0. The third kappa shape index (κ3) is 19.0. The molecule has 29 heteroatoms. The number of nitriles is 1. The van der Waals surface area contributed by atoms with Crippen LogP contribution in [-0.2, 0) is 78.7 Å². The van der Waals surface area contributed by atoms with Gasteiger partial charge in [-0.3, -0.25) is 33.6 Å². The van der Waals surface area contributed by atoms with Crippen molar-refractivity contribution < 1.29 is 93.9 Å². The molecule has 13 aromatic rings. The Balaban J connectivity index is 0.000000122. The van der Waals surface area contributed by atoms with E-state index in [9.17, 15) is 84.1 Å². The van der Waals surface area contributed by atoms with E-state index in [0.717, 1.165) is 102 Å². The fourth-order valence-corrected chi connectivity index (χ4v) is 24.2. The van der Waals surface area contributed by atoms with Crippen LogP contribution in [0.5, 0.6) is 5.75 Å². The van der Waals surface area contributed by atoms with E-state index in [-0.39, 0.29) is 104 Å². The molecule has 0 atom stereocenters. The van der Waals surface area contributed by atoms with Crippen LogP contribution < -0.4 is 4.74 Å². The summed E-state index contributed by atoms with van der Waals surface area (Å²) in [5.41, 5.74) is 12.6. The lowest BCUT2D eigenvalue weighted by Crippen LogP contribution is -2.03. The summed E-state index contributed by atoms with van der Waals surface area (Å²) in [6, 6.07) is 80.5. The quantitative estimate of drug-likeness (QED) is 0.105. The van der Waals surface area contributed by atoms with Gasteiger partial charge in [-0.1, -0.05) is 165 Å². The molecule has 19 rings (SSSR count). The molecule has 0 saturated heterocycles. The second-order valence-corrected chi connectivity index (χ2v) is 42.5. The second kappa shape index (κ2) is 35.6. The Labute approximate surface area is 719 Å². The Hall–Kier alpha value is -12.8. The zero-order chi connectivity index (χ0) is 88.4. The first kappa shape index (κ1) is 87.6. The van der Waals surface area contributed by atoms with Gasteiger partial charge in [0, 0.05) is 38.3 Å². The van der Waals surface area contributed by atoms with Crippen molar-refractivity contribution in [3.8, 4) is 66.8 Å². The lowest BCUT2D eigenvalue weighted by Gasteiger charge is -2.09. The van der Waals surface area contributed by atoms with Crippen LogP contribution in [0, 0.1) is 11.3 Å².